The van der Waals surface area contributed by atoms with E-state index < -0.39 is 0 Å². The summed E-state index contributed by atoms with van der Waals surface area (Å²) >= 11 is 5.82. The predicted octanol–water partition coefficient (Wildman–Crippen LogP) is 5.08. The molecule has 0 amide bonds. The number of imidazole rings is 1. The molecule has 3 unspecified atom stereocenters. The van der Waals surface area contributed by atoms with Gasteiger partial charge in [0.15, 0.2) is 11.5 Å². The van der Waals surface area contributed by atoms with Crippen LogP contribution >= 0.6 is 11.6 Å². The fourth-order valence-corrected chi connectivity index (χ4v) is 5.71. The number of carbonyl (C=O) groups excluding carboxylic acids is 1. The molecule has 9 heteroatoms. The fourth-order valence-electron chi connectivity index (χ4n) is 5.51. The second-order valence-electron chi connectivity index (χ2n) is 9.46. The largest absolute Gasteiger partial charge is 0.348 e. The number of anilines is 1. The average Bonchev–Trinajstić information content (AvgIpc) is 3.54. The summed E-state index contributed by atoms with van der Waals surface area (Å²) in [4.78, 5) is 24.0. The van der Waals surface area contributed by atoms with Crippen molar-refractivity contribution in [2.45, 2.75) is 37.8 Å². The number of benzene rings is 1. The molecule has 2 saturated heterocycles. The second kappa shape index (κ2) is 9.59. The zero-order chi connectivity index (χ0) is 24.6. The molecule has 0 saturated carbocycles. The lowest BCUT2D eigenvalue weighted by Crippen LogP contribution is -2.34. The lowest BCUT2D eigenvalue weighted by atomic mass is 9.91. The van der Waals surface area contributed by atoms with Crippen LogP contribution in [0.2, 0.25) is 0 Å². The minimum absolute atomic E-state index is 0.0167. The number of aromatic nitrogens is 4. The van der Waals surface area contributed by atoms with E-state index in [9.17, 15) is 9.18 Å². The van der Waals surface area contributed by atoms with E-state index in [0.717, 1.165) is 59.9 Å². The molecule has 1 aromatic carbocycles. The lowest BCUT2D eigenvalue weighted by Gasteiger charge is -2.28. The Hall–Kier alpha value is -3.36. The van der Waals surface area contributed by atoms with Gasteiger partial charge in [-0.15, -0.1) is 0 Å². The molecule has 2 aliphatic heterocycles. The standard InChI is InChI=1S/C27H26ClFN6O/c28-26(36)18-11-13-30-22(16-18)20-7-2-8-21(32-20)25-27(33-24-10-3-12-31-35(24)25)34-14-4-9-23(34)17-5-1-6-19(29)15-17/h1-3,5-8,10,12,15,18,22-23,30H,4,9,11,13-14,16H2. The Bertz CT molecular complexity index is 1420. The molecule has 0 spiro atoms. The topological polar surface area (TPSA) is 75.4 Å². The molecule has 2 fully saturated rings. The molecule has 0 radical (unpaired) electrons. The van der Waals surface area contributed by atoms with E-state index >= 15 is 0 Å². The molecule has 6 rings (SSSR count). The second-order valence-corrected chi connectivity index (χ2v) is 9.84. The molecule has 3 atom stereocenters. The van der Waals surface area contributed by atoms with Crippen molar-refractivity contribution < 1.29 is 9.18 Å². The van der Waals surface area contributed by atoms with Crippen LogP contribution in [-0.2, 0) is 4.79 Å². The summed E-state index contributed by atoms with van der Waals surface area (Å²) in [6.45, 7) is 1.52. The molecule has 184 valence electrons. The fraction of sp³-hybridized carbons (Fsp3) is 0.333. The zero-order valence-electron chi connectivity index (χ0n) is 19.6. The Balaban J connectivity index is 1.43. The van der Waals surface area contributed by atoms with Gasteiger partial charge in [-0.05, 0) is 85.8 Å². The van der Waals surface area contributed by atoms with E-state index in [-0.39, 0.29) is 29.1 Å². The summed E-state index contributed by atoms with van der Waals surface area (Å²) in [5, 5.41) is 7.78. The van der Waals surface area contributed by atoms with E-state index in [4.69, 9.17) is 21.6 Å². The van der Waals surface area contributed by atoms with Crippen LogP contribution in [0.15, 0.2) is 60.8 Å². The smallest absolute Gasteiger partial charge is 0.224 e. The van der Waals surface area contributed by atoms with Gasteiger partial charge in [-0.2, -0.15) is 5.10 Å². The van der Waals surface area contributed by atoms with Crippen LogP contribution in [0.5, 0.6) is 0 Å². The highest BCUT2D eigenvalue weighted by molar-refractivity contribution is 6.64. The number of rotatable bonds is 5. The number of hydrogen-bond acceptors (Lipinski definition) is 6. The number of hydrogen-bond donors (Lipinski definition) is 1. The van der Waals surface area contributed by atoms with Crippen LogP contribution in [0.4, 0.5) is 10.2 Å². The summed E-state index contributed by atoms with van der Waals surface area (Å²) in [5.41, 5.74) is 4.07. The molecule has 4 aromatic rings. The van der Waals surface area contributed by atoms with Crippen molar-refractivity contribution in [1.29, 1.82) is 0 Å². The van der Waals surface area contributed by atoms with Crippen LogP contribution in [0.1, 0.15) is 49.0 Å². The monoisotopic (exact) mass is 504 g/mol. The minimum Gasteiger partial charge on any atom is -0.348 e. The van der Waals surface area contributed by atoms with Crippen molar-refractivity contribution in [2.75, 3.05) is 18.0 Å². The Morgan fingerprint density at radius 1 is 1.08 bits per heavy atom. The Kier molecular flexibility index (Phi) is 6.15. The summed E-state index contributed by atoms with van der Waals surface area (Å²) < 4.78 is 15.9. The first-order valence-corrected chi connectivity index (χ1v) is 12.7. The van der Waals surface area contributed by atoms with Crippen LogP contribution < -0.4 is 10.2 Å². The molecule has 2 aliphatic rings. The SMILES string of the molecule is O=C(Cl)C1CCNC(c2cccc(-c3c(N4CCCC4c4cccc(F)c4)nc4cccnn34)n2)C1. The van der Waals surface area contributed by atoms with Gasteiger partial charge in [0.05, 0.1) is 23.5 Å². The number of fused-ring (bicyclic) bond motifs is 1. The van der Waals surface area contributed by atoms with Crippen molar-refractivity contribution in [3.05, 3.63) is 77.9 Å². The first kappa shape index (κ1) is 23.1. The Morgan fingerprint density at radius 2 is 1.97 bits per heavy atom. The number of piperidine rings is 1. The van der Waals surface area contributed by atoms with E-state index in [1.54, 1.807) is 18.3 Å². The molecule has 7 nitrogen and oxygen atoms in total. The van der Waals surface area contributed by atoms with Gasteiger partial charge >= 0.3 is 0 Å². The summed E-state index contributed by atoms with van der Waals surface area (Å²) in [6.07, 6.45) is 4.98. The molecular formula is C27H26ClFN6O. The number of nitrogens with zero attached hydrogens (tertiary/aromatic N) is 5. The maximum atomic E-state index is 14.1. The summed E-state index contributed by atoms with van der Waals surface area (Å²) in [7, 11) is 0. The Morgan fingerprint density at radius 3 is 2.83 bits per heavy atom. The van der Waals surface area contributed by atoms with Gasteiger partial charge in [0.1, 0.15) is 11.5 Å². The van der Waals surface area contributed by atoms with Gasteiger partial charge in [-0.3, -0.25) is 4.79 Å². The molecule has 36 heavy (non-hydrogen) atoms. The molecular weight excluding hydrogens is 479 g/mol. The summed E-state index contributed by atoms with van der Waals surface area (Å²) in [6, 6.07) is 16.5. The third kappa shape index (κ3) is 4.24. The molecule has 0 aliphatic carbocycles. The number of nitrogens with one attached hydrogen (secondary N) is 1. The Labute approximate surface area is 213 Å². The average molecular weight is 505 g/mol. The lowest BCUT2D eigenvalue weighted by molar-refractivity contribution is -0.116. The normalized spacial score (nSPS) is 22.3. The molecule has 0 bridgehead atoms. The minimum atomic E-state index is -0.289. The van der Waals surface area contributed by atoms with E-state index in [0.29, 0.717) is 13.0 Å². The van der Waals surface area contributed by atoms with Gasteiger partial charge < -0.3 is 10.2 Å². The van der Waals surface area contributed by atoms with Crippen LogP contribution in [0, 0.1) is 11.7 Å². The zero-order valence-corrected chi connectivity index (χ0v) is 20.4. The first-order valence-electron chi connectivity index (χ1n) is 12.3. The molecule has 5 heterocycles. The van der Waals surface area contributed by atoms with E-state index in [1.165, 1.54) is 6.07 Å². The molecule has 1 N–H and O–H groups in total. The van der Waals surface area contributed by atoms with Crippen LogP contribution in [-0.4, -0.2) is 37.9 Å². The quantitative estimate of drug-likeness (QED) is 0.382. The van der Waals surface area contributed by atoms with Crippen molar-refractivity contribution >= 4 is 28.3 Å². The van der Waals surface area contributed by atoms with Gasteiger partial charge in [-0.25, -0.2) is 18.9 Å². The van der Waals surface area contributed by atoms with Gasteiger partial charge in [-0.1, -0.05) is 18.2 Å². The third-order valence-corrected chi connectivity index (χ3v) is 7.54. The maximum absolute atomic E-state index is 14.1. The van der Waals surface area contributed by atoms with E-state index in [2.05, 4.69) is 15.3 Å². The maximum Gasteiger partial charge on any atom is 0.224 e. The highest BCUT2D eigenvalue weighted by Gasteiger charge is 2.33. The third-order valence-electron chi connectivity index (χ3n) is 7.23. The van der Waals surface area contributed by atoms with Gasteiger partial charge in [0.2, 0.25) is 5.24 Å². The number of halogens is 2. The van der Waals surface area contributed by atoms with Crippen molar-refractivity contribution in [3.8, 4) is 11.4 Å². The van der Waals surface area contributed by atoms with Crippen molar-refractivity contribution in [1.82, 2.24) is 24.9 Å². The number of carbonyl (C=O) groups is 1. The van der Waals surface area contributed by atoms with Crippen molar-refractivity contribution in [3.63, 3.8) is 0 Å². The van der Waals surface area contributed by atoms with Gasteiger partial charge in [0.25, 0.3) is 0 Å². The van der Waals surface area contributed by atoms with Crippen molar-refractivity contribution in [2.24, 2.45) is 5.92 Å². The van der Waals surface area contributed by atoms with E-state index in [1.807, 2.05) is 40.9 Å². The van der Waals surface area contributed by atoms with Crippen LogP contribution in [0.3, 0.4) is 0 Å². The first-order chi connectivity index (χ1) is 17.6. The highest BCUT2D eigenvalue weighted by atomic mass is 35.5. The summed E-state index contributed by atoms with van der Waals surface area (Å²) in [5.74, 6) is 0.378. The predicted molar refractivity (Wildman–Crippen MR) is 136 cm³/mol. The van der Waals surface area contributed by atoms with Crippen LogP contribution in [0.25, 0.3) is 17.0 Å². The number of pyridine rings is 1. The van der Waals surface area contributed by atoms with Gasteiger partial charge in [0, 0.05) is 18.7 Å². The molecule has 3 aromatic heterocycles. The highest BCUT2D eigenvalue weighted by Crippen LogP contribution is 2.41.